The molecule has 3 N–H and O–H groups in total. The van der Waals surface area contributed by atoms with Crippen molar-refractivity contribution in [3.8, 4) is 5.75 Å². The average molecular weight is 414 g/mol. The van der Waals surface area contributed by atoms with Gasteiger partial charge in [0.15, 0.2) is 6.61 Å². The Morgan fingerprint density at radius 1 is 1.14 bits per heavy atom. The second kappa shape index (κ2) is 7.59. The van der Waals surface area contributed by atoms with Gasteiger partial charge in [0.25, 0.3) is 5.91 Å². The fraction of sp³-hybridized carbons (Fsp3) is 0.133. The number of nitrogens with one attached hydrogen (secondary N) is 1. The van der Waals surface area contributed by atoms with Gasteiger partial charge in [0.05, 0.1) is 5.69 Å². The van der Waals surface area contributed by atoms with Crippen molar-refractivity contribution < 1.29 is 9.53 Å². The Hall–Kier alpha value is -1.37. The summed E-state index contributed by atoms with van der Waals surface area (Å²) in [5.74, 6) is 0.389. The maximum Gasteiger partial charge on any atom is 0.262 e. The molecular weight excluding hydrogens is 400 g/mol. The minimum absolute atomic E-state index is 0.0625. The Morgan fingerprint density at radius 3 is 2.62 bits per heavy atom. The van der Waals surface area contributed by atoms with Crippen LogP contribution in [0.5, 0.6) is 5.75 Å². The van der Waals surface area contributed by atoms with Crippen molar-refractivity contribution in [1.29, 1.82) is 0 Å². The van der Waals surface area contributed by atoms with Gasteiger partial charge in [-0.25, -0.2) is 0 Å². The number of nitrogens with two attached hydrogens (primary N) is 1. The third-order valence-electron chi connectivity index (χ3n) is 2.75. The lowest BCUT2D eigenvalue weighted by Crippen LogP contribution is -2.20. The summed E-state index contributed by atoms with van der Waals surface area (Å²) in [5.41, 5.74) is 7.27. The van der Waals surface area contributed by atoms with Crippen LogP contribution in [0.4, 0.5) is 5.69 Å². The first-order valence-electron chi connectivity index (χ1n) is 6.26. The van der Waals surface area contributed by atoms with Gasteiger partial charge in [-0.05, 0) is 51.8 Å². The molecule has 0 aliphatic heterocycles. The highest BCUT2D eigenvalue weighted by atomic mass is 79.9. The van der Waals surface area contributed by atoms with Crippen molar-refractivity contribution in [3.05, 3.63) is 57.0 Å². The number of halogens is 2. The lowest BCUT2D eigenvalue weighted by Gasteiger charge is -2.10. The van der Waals surface area contributed by atoms with Gasteiger partial charge >= 0.3 is 0 Å². The van der Waals surface area contributed by atoms with Crippen LogP contribution in [-0.4, -0.2) is 12.5 Å². The van der Waals surface area contributed by atoms with Crippen molar-refractivity contribution >= 4 is 43.5 Å². The maximum atomic E-state index is 11.9. The van der Waals surface area contributed by atoms with Crippen LogP contribution in [0.3, 0.4) is 0 Å². The van der Waals surface area contributed by atoms with Crippen molar-refractivity contribution in [2.45, 2.75) is 6.54 Å². The molecule has 1 amide bonds. The van der Waals surface area contributed by atoms with Crippen LogP contribution < -0.4 is 15.8 Å². The average Bonchev–Trinajstić information content (AvgIpc) is 2.49. The summed E-state index contributed by atoms with van der Waals surface area (Å²) < 4.78 is 7.23. The molecule has 0 aliphatic carbocycles. The fourth-order valence-electron chi connectivity index (χ4n) is 1.70. The van der Waals surface area contributed by atoms with E-state index in [0.717, 1.165) is 14.5 Å². The number of rotatable bonds is 5. The highest BCUT2D eigenvalue weighted by Crippen LogP contribution is 2.23. The molecule has 0 heterocycles. The second-order valence-corrected chi connectivity index (χ2v) is 5.98. The van der Waals surface area contributed by atoms with E-state index in [2.05, 4.69) is 37.2 Å². The summed E-state index contributed by atoms with van der Waals surface area (Å²) in [6.07, 6.45) is 0. The minimum Gasteiger partial charge on any atom is -0.484 e. The Balaban J connectivity index is 1.94. The van der Waals surface area contributed by atoms with Gasteiger partial charge in [-0.15, -0.1) is 0 Å². The van der Waals surface area contributed by atoms with Crippen LogP contribution >= 0.6 is 31.9 Å². The van der Waals surface area contributed by atoms with Gasteiger partial charge in [0, 0.05) is 15.5 Å². The normalized spacial score (nSPS) is 10.2. The predicted molar refractivity (Wildman–Crippen MR) is 90.3 cm³/mol. The smallest absolute Gasteiger partial charge is 0.262 e. The van der Waals surface area contributed by atoms with E-state index in [1.165, 1.54) is 0 Å². The van der Waals surface area contributed by atoms with Crippen LogP contribution in [0.15, 0.2) is 51.4 Å². The second-order valence-electron chi connectivity index (χ2n) is 4.27. The van der Waals surface area contributed by atoms with Gasteiger partial charge in [-0.2, -0.15) is 0 Å². The molecule has 0 aromatic heterocycles. The summed E-state index contributed by atoms with van der Waals surface area (Å²) in [7, 11) is 0. The number of carbonyl (C=O) groups excluding carboxylic acids is 1. The molecule has 6 heteroatoms. The van der Waals surface area contributed by atoms with E-state index < -0.39 is 0 Å². The number of ether oxygens (including phenoxy) is 1. The van der Waals surface area contributed by atoms with E-state index >= 15 is 0 Å². The standard InChI is InChI=1S/C15H14Br2N2O2/c16-12-6-5-11(7-10(12)8-18)21-9-15(20)19-14-4-2-1-3-13(14)17/h1-7H,8-9,18H2,(H,19,20). The number of hydrogen-bond acceptors (Lipinski definition) is 3. The van der Waals surface area contributed by atoms with Crippen molar-refractivity contribution in [2.75, 3.05) is 11.9 Å². The van der Waals surface area contributed by atoms with Crippen LogP contribution in [0, 0.1) is 0 Å². The SMILES string of the molecule is NCc1cc(OCC(=O)Nc2ccccc2Br)ccc1Br. The van der Waals surface area contributed by atoms with Gasteiger partial charge in [0.1, 0.15) is 5.75 Å². The van der Waals surface area contributed by atoms with Gasteiger partial charge in [-0.3, -0.25) is 4.79 Å². The van der Waals surface area contributed by atoms with Crippen LogP contribution in [0.25, 0.3) is 0 Å². The molecule has 0 radical (unpaired) electrons. The minimum atomic E-state index is -0.223. The lowest BCUT2D eigenvalue weighted by molar-refractivity contribution is -0.118. The Kier molecular flexibility index (Phi) is 5.78. The molecule has 0 spiro atoms. The molecule has 0 unspecified atom stereocenters. The van der Waals surface area contributed by atoms with Crippen LogP contribution in [-0.2, 0) is 11.3 Å². The third-order valence-corrected chi connectivity index (χ3v) is 4.22. The monoisotopic (exact) mass is 412 g/mol. The largest absolute Gasteiger partial charge is 0.484 e. The Bertz CT molecular complexity index is 647. The number of anilines is 1. The Morgan fingerprint density at radius 2 is 1.90 bits per heavy atom. The van der Waals surface area contributed by atoms with Crippen molar-refractivity contribution in [2.24, 2.45) is 5.73 Å². The zero-order chi connectivity index (χ0) is 15.2. The summed E-state index contributed by atoms with van der Waals surface area (Å²) in [4.78, 5) is 11.9. The number of amides is 1. The molecule has 110 valence electrons. The summed E-state index contributed by atoms with van der Waals surface area (Å²) >= 11 is 6.78. The number of benzene rings is 2. The Labute approximate surface area is 139 Å². The van der Waals surface area contributed by atoms with Crippen LogP contribution in [0.1, 0.15) is 5.56 Å². The van der Waals surface area contributed by atoms with E-state index in [9.17, 15) is 4.79 Å². The summed E-state index contributed by atoms with van der Waals surface area (Å²) in [5, 5.41) is 2.78. The molecule has 0 bridgehead atoms. The predicted octanol–water partition coefficient (Wildman–Crippen LogP) is 3.69. The van der Waals surface area contributed by atoms with E-state index in [1.807, 2.05) is 36.4 Å². The molecule has 4 nitrogen and oxygen atoms in total. The molecule has 0 atom stereocenters. The topological polar surface area (TPSA) is 64.3 Å². The maximum absolute atomic E-state index is 11.9. The first-order valence-corrected chi connectivity index (χ1v) is 7.84. The van der Waals surface area contributed by atoms with Gasteiger partial charge in [-0.1, -0.05) is 28.1 Å². The molecule has 0 aliphatic rings. The van der Waals surface area contributed by atoms with E-state index in [0.29, 0.717) is 18.0 Å². The van der Waals surface area contributed by atoms with E-state index in [1.54, 1.807) is 6.07 Å². The fourth-order valence-corrected chi connectivity index (χ4v) is 2.49. The highest BCUT2D eigenvalue weighted by Gasteiger charge is 2.07. The van der Waals surface area contributed by atoms with E-state index in [-0.39, 0.29) is 12.5 Å². The van der Waals surface area contributed by atoms with Crippen LogP contribution in [0.2, 0.25) is 0 Å². The molecule has 2 aromatic carbocycles. The summed E-state index contributed by atoms with van der Waals surface area (Å²) in [6, 6.07) is 12.9. The third kappa shape index (κ3) is 4.56. The molecular formula is C15H14Br2N2O2. The molecule has 0 saturated carbocycles. The zero-order valence-electron chi connectivity index (χ0n) is 11.1. The van der Waals surface area contributed by atoms with Crippen molar-refractivity contribution in [3.63, 3.8) is 0 Å². The number of hydrogen-bond donors (Lipinski definition) is 2. The highest BCUT2D eigenvalue weighted by molar-refractivity contribution is 9.10. The lowest BCUT2D eigenvalue weighted by atomic mass is 10.2. The zero-order valence-corrected chi connectivity index (χ0v) is 14.3. The van der Waals surface area contributed by atoms with Crippen molar-refractivity contribution in [1.82, 2.24) is 0 Å². The van der Waals surface area contributed by atoms with Gasteiger partial charge < -0.3 is 15.8 Å². The molecule has 21 heavy (non-hydrogen) atoms. The molecule has 0 fully saturated rings. The summed E-state index contributed by atoms with van der Waals surface area (Å²) in [6.45, 7) is 0.341. The number of carbonyl (C=O) groups is 1. The quantitative estimate of drug-likeness (QED) is 0.785. The molecule has 0 saturated heterocycles. The number of para-hydroxylation sites is 1. The first kappa shape index (κ1) is 16.0. The van der Waals surface area contributed by atoms with E-state index in [4.69, 9.17) is 10.5 Å². The first-order chi connectivity index (χ1) is 10.1. The molecule has 2 aromatic rings. The molecule has 2 rings (SSSR count). The van der Waals surface area contributed by atoms with Gasteiger partial charge in [0.2, 0.25) is 0 Å².